The third-order valence-corrected chi connectivity index (χ3v) is 0. The van der Waals surface area contributed by atoms with Crippen molar-refractivity contribution in [3.63, 3.8) is 0 Å². The standard InChI is InChI=1S/C2H5F.5FH.Sb/c1-2-3;;;;;;/h2H2,1H3;5*1H;/q;;;;;;+5/p-5. The summed E-state index contributed by atoms with van der Waals surface area (Å²) in [5.41, 5.74) is 0. The molecular formula is C2H5F6Sb. The molecule has 0 saturated carbocycles. The van der Waals surface area contributed by atoms with Crippen molar-refractivity contribution in [2.24, 2.45) is 0 Å². The Labute approximate surface area is 52.9 Å². The molecule has 0 amide bonds. The van der Waals surface area contributed by atoms with Crippen molar-refractivity contribution in [1.82, 2.24) is 0 Å². The number of hydrogen-bond donors (Lipinski definition) is 0. The summed E-state index contributed by atoms with van der Waals surface area (Å²) in [6.07, 6.45) is 0. The summed E-state index contributed by atoms with van der Waals surface area (Å²) in [6.45, 7) is 1.21. The van der Waals surface area contributed by atoms with Crippen molar-refractivity contribution < 1.29 is 18.5 Å². The van der Waals surface area contributed by atoms with E-state index >= 15 is 0 Å². The first kappa shape index (κ1) is 12.1. The van der Waals surface area contributed by atoms with Crippen molar-refractivity contribution in [3.8, 4) is 0 Å². The average Bonchev–Trinajstić information content (AvgIpc) is 1.23. The van der Waals surface area contributed by atoms with Gasteiger partial charge in [0.25, 0.3) is 0 Å². The minimum absolute atomic E-state index is 0.250. The van der Waals surface area contributed by atoms with Crippen LogP contribution in [0.15, 0.2) is 0 Å². The summed E-state index contributed by atoms with van der Waals surface area (Å²) >= 11 is -9.19. The summed E-state index contributed by atoms with van der Waals surface area (Å²) in [5.74, 6) is 0. The second kappa shape index (κ2) is 3.54. The molecule has 0 saturated heterocycles. The van der Waals surface area contributed by atoms with E-state index in [-0.39, 0.29) is 6.67 Å². The summed E-state index contributed by atoms with van der Waals surface area (Å²) in [5, 5.41) is 0. The molecule has 9 heavy (non-hydrogen) atoms. The maximum atomic E-state index is 10.3. The Morgan fingerprint density at radius 2 is 1.00 bits per heavy atom. The summed E-state index contributed by atoms with van der Waals surface area (Å²) in [4.78, 5) is 0. The molecule has 0 aliphatic carbocycles. The molecule has 0 aromatic rings. The summed E-state index contributed by atoms with van der Waals surface area (Å²) < 4.78 is 59.8. The Morgan fingerprint density at radius 3 is 1.00 bits per heavy atom. The van der Waals surface area contributed by atoms with Crippen LogP contribution in [0.5, 0.6) is 0 Å². The van der Waals surface area contributed by atoms with Crippen LogP contribution in [0.4, 0.5) is 18.5 Å². The van der Waals surface area contributed by atoms with E-state index < -0.39 is 20.3 Å². The molecule has 0 nitrogen and oxygen atoms in total. The van der Waals surface area contributed by atoms with Gasteiger partial charge < -0.3 is 0 Å². The Bertz CT molecular complexity index is 53.9. The van der Waals surface area contributed by atoms with E-state index in [1.54, 1.807) is 0 Å². The van der Waals surface area contributed by atoms with E-state index in [2.05, 4.69) is 0 Å². The Morgan fingerprint density at radius 1 is 1.00 bits per heavy atom. The minimum atomic E-state index is -9.19. The predicted octanol–water partition coefficient (Wildman–Crippen LogP) is 2.70. The first-order valence-electron chi connectivity index (χ1n) is 1.82. The summed E-state index contributed by atoms with van der Waals surface area (Å²) in [7, 11) is 0. The van der Waals surface area contributed by atoms with Gasteiger partial charge in [0.05, 0.1) is 6.67 Å². The molecule has 0 aromatic carbocycles. The van der Waals surface area contributed by atoms with Crippen LogP contribution >= 0.6 is 0 Å². The molecule has 0 unspecified atom stereocenters. The van der Waals surface area contributed by atoms with Gasteiger partial charge in [0.2, 0.25) is 0 Å². The third-order valence-electron chi connectivity index (χ3n) is 0. The zero-order chi connectivity index (χ0) is 8.15. The second-order valence-electron chi connectivity index (χ2n) is 0.906. The first-order chi connectivity index (χ1) is 3.65. The van der Waals surface area contributed by atoms with E-state index in [1.807, 2.05) is 0 Å². The molecular weight excluding hydrogens is 260 g/mol. The quantitative estimate of drug-likeness (QED) is 0.466. The summed E-state index contributed by atoms with van der Waals surface area (Å²) in [6, 6.07) is 0. The Hall–Kier alpha value is 0.398. The van der Waals surface area contributed by atoms with Crippen LogP contribution in [0.25, 0.3) is 0 Å². The number of alkyl halides is 1. The van der Waals surface area contributed by atoms with Crippen LogP contribution in [0, 0.1) is 0 Å². The van der Waals surface area contributed by atoms with E-state index in [4.69, 9.17) is 0 Å². The fraction of sp³-hybridized carbons (Fsp3) is 1.00. The van der Waals surface area contributed by atoms with E-state index in [0.717, 1.165) is 0 Å². The van der Waals surface area contributed by atoms with Crippen molar-refractivity contribution in [2.45, 2.75) is 6.92 Å². The molecule has 0 aromatic heterocycles. The second-order valence-corrected chi connectivity index (χ2v) is 4.55. The first-order valence-corrected chi connectivity index (χ1v) is 6.64. The molecule has 0 bridgehead atoms. The van der Waals surface area contributed by atoms with Crippen LogP contribution < -0.4 is 0 Å². The van der Waals surface area contributed by atoms with Crippen molar-refractivity contribution >= 4 is 20.3 Å². The zero-order valence-electron chi connectivity index (χ0n) is 4.42. The molecule has 0 N–H and O–H groups in total. The van der Waals surface area contributed by atoms with E-state index in [9.17, 15) is 18.5 Å². The molecule has 0 rings (SSSR count). The third kappa shape index (κ3) is 2170. The van der Waals surface area contributed by atoms with Gasteiger partial charge in [-0.3, -0.25) is 4.39 Å². The number of halogens is 6. The fourth-order valence-corrected chi connectivity index (χ4v) is 0. The zero-order valence-corrected chi connectivity index (χ0v) is 6.97. The molecule has 0 aliphatic rings. The van der Waals surface area contributed by atoms with Gasteiger partial charge in [0, 0.05) is 0 Å². The molecule has 0 atom stereocenters. The molecule has 0 spiro atoms. The normalized spacial score (nSPS) is 14.8. The molecule has 7 heteroatoms. The number of rotatable bonds is 0. The van der Waals surface area contributed by atoms with Crippen molar-refractivity contribution in [2.75, 3.05) is 6.67 Å². The topological polar surface area (TPSA) is 0 Å². The maximum absolute atomic E-state index is 10.3. The fourth-order valence-electron chi connectivity index (χ4n) is 0. The predicted molar refractivity (Wildman–Crippen MR) is 22.9 cm³/mol. The van der Waals surface area contributed by atoms with Crippen molar-refractivity contribution in [3.05, 3.63) is 0 Å². The van der Waals surface area contributed by atoms with Crippen LogP contribution in [-0.4, -0.2) is 27.0 Å². The van der Waals surface area contributed by atoms with E-state index in [1.165, 1.54) is 6.92 Å². The van der Waals surface area contributed by atoms with Gasteiger partial charge in [-0.25, -0.2) is 0 Å². The van der Waals surface area contributed by atoms with Gasteiger partial charge in [-0.15, -0.1) is 0 Å². The van der Waals surface area contributed by atoms with Gasteiger partial charge in [0.15, 0.2) is 0 Å². The van der Waals surface area contributed by atoms with Crippen LogP contribution in [0.1, 0.15) is 6.92 Å². The SMILES string of the molecule is CCF.[F][Sb]([F])([F])([F])[F]. The molecule has 0 radical (unpaired) electrons. The molecule has 0 fully saturated rings. The van der Waals surface area contributed by atoms with Gasteiger partial charge in [-0.05, 0) is 6.92 Å². The van der Waals surface area contributed by atoms with E-state index in [0.29, 0.717) is 0 Å². The van der Waals surface area contributed by atoms with Gasteiger partial charge in [-0.2, -0.15) is 0 Å². The molecule has 0 aliphatic heterocycles. The Balaban J connectivity index is 0. The number of hydrogen-bond acceptors (Lipinski definition) is 0. The average molecular weight is 265 g/mol. The van der Waals surface area contributed by atoms with Crippen LogP contribution in [0.2, 0.25) is 0 Å². The van der Waals surface area contributed by atoms with Crippen molar-refractivity contribution in [1.29, 1.82) is 0 Å². The Kier molecular flexibility index (Phi) is 4.76. The van der Waals surface area contributed by atoms with Gasteiger partial charge >= 0.3 is 34.4 Å². The molecule has 0 heterocycles. The van der Waals surface area contributed by atoms with Gasteiger partial charge in [-0.1, -0.05) is 0 Å². The van der Waals surface area contributed by atoms with Crippen LogP contribution in [-0.2, 0) is 0 Å². The van der Waals surface area contributed by atoms with Crippen LogP contribution in [0.3, 0.4) is 0 Å². The van der Waals surface area contributed by atoms with Gasteiger partial charge in [0.1, 0.15) is 0 Å². The molecule has 60 valence electrons. The monoisotopic (exact) mass is 264 g/mol.